The van der Waals surface area contributed by atoms with Crippen LogP contribution in [-0.2, 0) is 4.79 Å². The molecule has 0 atom stereocenters. The van der Waals surface area contributed by atoms with Gasteiger partial charge in [-0.05, 0) is 12.1 Å². The fourth-order valence-corrected chi connectivity index (χ4v) is 0.943. The average Bonchev–Trinajstić information content (AvgIpc) is 2.15. The summed E-state index contributed by atoms with van der Waals surface area (Å²) in [5.41, 5.74) is -0.239. The van der Waals surface area contributed by atoms with Crippen molar-refractivity contribution in [3.05, 3.63) is 30.3 Å². The summed E-state index contributed by atoms with van der Waals surface area (Å²) in [5.74, 6) is -1.95. The monoisotopic (exact) mass is 267 g/mol. The van der Waals surface area contributed by atoms with Gasteiger partial charge in [0, 0.05) is 15.9 Å². The Morgan fingerprint density at radius 1 is 1.29 bits per heavy atom. The predicted molar refractivity (Wildman–Crippen MR) is 48.9 cm³/mol. The lowest BCUT2D eigenvalue weighted by Crippen LogP contribution is -2.34. The molecule has 2 nitrogen and oxygen atoms in total. The molecular weight excluding hydrogens is 263 g/mol. The van der Waals surface area contributed by atoms with Crippen molar-refractivity contribution in [1.29, 1.82) is 0 Å². The Morgan fingerprint density at radius 2 is 1.79 bits per heavy atom. The number of anilines is 1. The van der Waals surface area contributed by atoms with Crippen LogP contribution in [-0.4, -0.2) is 10.7 Å². The van der Waals surface area contributed by atoms with Gasteiger partial charge in [0.2, 0.25) is 0 Å². The Hall–Kier alpha value is -1.04. The van der Waals surface area contributed by atoms with Crippen molar-refractivity contribution < 1.29 is 18.1 Å². The predicted octanol–water partition coefficient (Wildman–Crippen LogP) is 2.89. The van der Waals surface area contributed by atoms with E-state index in [9.17, 15) is 18.1 Å². The minimum Gasteiger partial charge on any atom is -0.264 e. The first-order valence-corrected chi connectivity index (χ1v) is 4.34. The lowest BCUT2D eigenvalue weighted by molar-refractivity contribution is -0.134. The SMILES string of the molecule is O=C(N(F)c1ccccc1)C(F)(F)Br. The van der Waals surface area contributed by atoms with Gasteiger partial charge >= 0.3 is 10.7 Å². The van der Waals surface area contributed by atoms with Gasteiger partial charge in [0.25, 0.3) is 0 Å². The maximum Gasteiger partial charge on any atom is 0.380 e. The molecular formula is C8H5BrF3NO. The van der Waals surface area contributed by atoms with E-state index < -0.39 is 15.9 Å². The largest absolute Gasteiger partial charge is 0.380 e. The molecule has 0 heterocycles. The van der Waals surface area contributed by atoms with Crippen LogP contribution in [0, 0.1) is 0 Å². The van der Waals surface area contributed by atoms with Gasteiger partial charge in [0.05, 0.1) is 5.69 Å². The molecule has 0 unspecified atom stereocenters. The minimum atomic E-state index is -3.89. The summed E-state index contributed by atoms with van der Waals surface area (Å²) in [6, 6.07) is 6.85. The van der Waals surface area contributed by atoms with Crippen molar-refractivity contribution in [1.82, 2.24) is 0 Å². The third-order valence-electron chi connectivity index (χ3n) is 1.40. The number of rotatable bonds is 2. The van der Waals surface area contributed by atoms with E-state index in [1.807, 2.05) is 0 Å². The first-order chi connectivity index (χ1) is 6.43. The standard InChI is InChI=1S/C8H5BrF3NO/c9-8(10,11)7(14)13(12)6-4-2-1-3-5-6/h1-5H. The summed E-state index contributed by atoms with van der Waals surface area (Å²) in [7, 11) is 0. The number of halogens is 4. The number of hydrogen-bond donors (Lipinski definition) is 0. The number of benzene rings is 1. The Bertz CT molecular complexity index is 325. The molecule has 76 valence electrons. The van der Waals surface area contributed by atoms with Crippen LogP contribution in [0.5, 0.6) is 0 Å². The van der Waals surface area contributed by atoms with Gasteiger partial charge in [-0.3, -0.25) is 4.79 Å². The molecule has 0 fully saturated rings. The highest BCUT2D eigenvalue weighted by atomic mass is 79.9. The molecule has 0 saturated carbocycles. The number of para-hydroxylation sites is 1. The van der Waals surface area contributed by atoms with Crippen molar-refractivity contribution in [2.45, 2.75) is 4.83 Å². The topological polar surface area (TPSA) is 20.3 Å². The molecule has 6 heteroatoms. The first kappa shape index (κ1) is 11.0. The molecule has 0 saturated heterocycles. The molecule has 0 aliphatic rings. The number of alkyl halides is 3. The fourth-order valence-electron chi connectivity index (χ4n) is 0.787. The van der Waals surface area contributed by atoms with Gasteiger partial charge in [-0.25, -0.2) is 0 Å². The Morgan fingerprint density at radius 3 is 2.21 bits per heavy atom. The van der Waals surface area contributed by atoms with Crippen LogP contribution < -0.4 is 5.12 Å². The second kappa shape index (κ2) is 4.00. The highest BCUT2D eigenvalue weighted by molar-refractivity contribution is 9.10. The molecule has 0 N–H and O–H groups in total. The van der Waals surface area contributed by atoms with E-state index in [1.54, 1.807) is 22.0 Å². The molecule has 14 heavy (non-hydrogen) atoms. The van der Waals surface area contributed by atoms with E-state index in [0.29, 0.717) is 0 Å². The maximum atomic E-state index is 13.0. The molecule has 1 rings (SSSR count). The number of hydrogen-bond acceptors (Lipinski definition) is 1. The maximum absolute atomic E-state index is 13.0. The summed E-state index contributed by atoms with van der Waals surface area (Å²) in [6.07, 6.45) is 0. The number of nitrogens with zero attached hydrogens (tertiary/aromatic N) is 1. The summed E-state index contributed by atoms with van der Waals surface area (Å²) in [5, 5.41) is -0.602. The van der Waals surface area contributed by atoms with Crippen LogP contribution >= 0.6 is 15.9 Å². The van der Waals surface area contributed by atoms with Gasteiger partial charge in [-0.2, -0.15) is 8.78 Å². The van der Waals surface area contributed by atoms with Gasteiger partial charge in [0.1, 0.15) is 0 Å². The number of amides is 1. The van der Waals surface area contributed by atoms with Crippen LogP contribution in [0.25, 0.3) is 0 Å². The van der Waals surface area contributed by atoms with Crippen LogP contribution in [0.2, 0.25) is 0 Å². The molecule has 0 aliphatic carbocycles. The fraction of sp³-hybridized carbons (Fsp3) is 0.125. The molecule has 1 amide bonds. The van der Waals surface area contributed by atoms with Gasteiger partial charge in [-0.15, -0.1) is 5.12 Å². The first-order valence-electron chi connectivity index (χ1n) is 3.55. The number of carbonyl (C=O) groups is 1. The molecule has 1 aromatic rings. The minimum absolute atomic E-state index is 0.239. The van der Waals surface area contributed by atoms with Crippen LogP contribution in [0.1, 0.15) is 0 Å². The van der Waals surface area contributed by atoms with Crippen molar-refractivity contribution in [3.8, 4) is 0 Å². The zero-order chi connectivity index (χ0) is 10.8. The highest BCUT2D eigenvalue weighted by Crippen LogP contribution is 2.27. The van der Waals surface area contributed by atoms with Crippen molar-refractivity contribution in [3.63, 3.8) is 0 Å². The smallest absolute Gasteiger partial charge is 0.264 e. The summed E-state index contributed by atoms with van der Waals surface area (Å²) >= 11 is 1.78. The van der Waals surface area contributed by atoms with E-state index in [0.717, 1.165) is 0 Å². The average molecular weight is 268 g/mol. The lowest BCUT2D eigenvalue weighted by Gasteiger charge is -2.14. The lowest BCUT2D eigenvalue weighted by atomic mass is 10.3. The summed E-state index contributed by atoms with van der Waals surface area (Å²) < 4.78 is 37.7. The van der Waals surface area contributed by atoms with Crippen LogP contribution in [0.3, 0.4) is 0 Å². The van der Waals surface area contributed by atoms with E-state index >= 15 is 0 Å². The van der Waals surface area contributed by atoms with Crippen LogP contribution in [0.4, 0.5) is 18.9 Å². The normalized spacial score (nSPS) is 11.1. The van der Waals surface area contributed by atoms with Gasteiger partial charge in [-0.1, -0.05) is 22.7 Å². The molecule has 1 aromatic carbocycles. The van der Waals surface area contributed by atoms with E-state index in [-0.39, 0.29) is 5.69 Å². The second-order valence-corrected chi connectivity index (χ2v) is 3.42. The van der Waals surface area contributed by atoms with E-state index in [1.165, 1.54) is 24.3 Å². The van der Waals surface area contributed by atoms with Crippen molar-refractivity contribution in [2.24, 2.45) is 0 Å². The zero-order valence-electron chi connectivity index (χ0n) is 6.75. The molecule has 0 bridgehead atoms. The van der Waals surface area contributed by atoms with Crippen molar-refractivity contribution in [2.75, 3.05) is 5.12 Å². The van der Waals surface area contributed by atoms with E-state index in [2.05, 4.69) is 0 Å². The summed E-state index contributed by atoms with van der Waals surface area (Å²) in [6.45, 7) is 0. The molecule has 0 aromatic heterocycles. The molecule has 0 aliphatic heterocycles. The molecule has 0 spiro atoms. The third-order valence-corrected chi connectivity index (χ3v) is 1.74. The Labute approximate surface area is 86.4 Å². The quantitative estimate of drug-likeness (QED) is 0.596. The molecule has 0 radical (unpaired) electrons. The van der Waals surface area contributed by atoms with Crippen LogP contribution in [0.15, 0.2) is 30.3 Å². The second-order valence-electron chi connectivity index (χ2n) is 2.42. The van der Waals surface area contributed by atoms with Gasteiger partial charge < -0.3 is 0 Å². The Balaban J connectivity index is 2.87. The third kappa shape index (κ3) is 2.47. The van der Waals surface area contributed by atoms with Gasteiger partial charge in [0.15, 0.2) is 0 Å². The van der Waals surface area contributed by atoms with Crippen molar-refractivity contribution >= 4 is 27.5 Å². The highest BCUT2D eigenvalue weighted by Gasteiger charge is 2.40. The zero-order valence-corrected chi connectivity index (χ0v) is 8.34. The number of carbonyl (C=O) groups excluding carboxylic acids is 1. The summed E-state index contributed by atoms with van der Waals surface area (Å²) in [4.78, 5) is 6.83. The Kier molecular flexibility index (Phi) is 3.15. The van der Waals surface area contributed by atoms with E-state index in [4.69, 9.17) is 0 Å².